The van der Waals surface area contributed by atoms with Gasteiger partial charge in [0.25, 0.3) is 0 Å². The predicted octanol–water partition coefficient (Wildman–Crippen LogP) is 1.47. The molecule has 1 heterocycles. The number of carboxylic acid groups (broad SMARTS) is 1. The van der Waals surface area contributed by atoms with E-state index in [1.807, 2.05) is 6.92 Å². The van der Waals surface area contributed by atoms with Gasteiger partial charge in [0.2, 0.25) is 0 Å². The average molecular weight is 208 g/mol. The lowest BCUT2D eigenvalue weighted by atomic mass is 10.1. The van der Waals surface area contributed by atoms with Crippen molar-refractivity contribution in [3.63, 3.8) is 0 Å². The fourth-order valence-corrected chi connectivity index (χ4v) is 1.29. The minimum absolute atomic E-state index is 0.212. The van der Waals surface area contributed by atoms with E-state index in [0.29, 0.717) is 6.61 Å². The molecule has 4 nitrogen and oxygen atoms in total. The molecule has 1 saturated heterocycles. The zero-order valence-corrected chi connectivity index (χ0v) is 8.40. The van der Waals surface area contributed by atoms with Crippen LogP contribution in [0.25, 0.3) is 0 Å². The second kappa shape index (κ2) is 3.90. The molecule has 1 aliphatic rings. The van der Waals surface area contributed by atoms with Crippen molar-refractivity contribution in [2.24, 2.45) is 0 Å². The molecular weight excluding hydrogens is 196 g/mol. The standard InChI is InChI=1S/C11H12O4/c1-7-4-8(11(12)13)2-3-10(7)15-6-9-5-14-9/h2-4,9H,5-6H2,1H3,(H,12,13). The first-order valence-corrected chi connectivity index (χ1v) is 4.75. The Hall–Kier alpha value is -1.55. The van der Waals surface area contributed by atoms with Crippen molar-refractivity contribution in [2.45, 2.75) is 13.0 Å². The van der Waals surface area contributed by atoms with E-state index in [2.05, 4.69) is 0 Å². The van der Waals surface area contributed by atoms with Crippen molar-refractivity contribution >= 4 is 5.97 Å². The summed E-state index contributed by atoms with van der Waals surface area (Å²) in [5.74, 6) is -0.203. The fourth-order valence-electron chi connectivity index (χ4n) is 1.29. The summed E-state index contributed by atoms with van der Waals surface area (Å²) >= 11 is 0. The zero-order chi connectivity index (χ0) is 10.8. The van der Waals surface area contributed by atoms with Crippen LogP contribution in [0.3, 0.4) is 0 Å². The van der Waals surface area contributed by atoms with Crippen LogP contribution < -0.4 is 4.74 Å². The summed E-state index contributed by atoms with van der Waals surface area (Å²) in [5, 5.41) is 8.77. The predicted molar refractivity (Wildman–Crippen MR) is 53.4 cm³/mol. The van der Waals surface area contributed by atoms with Crippen LogP contribution >= 0.6 is 0 Å². The van der Waals surface area contributed by atoms with Gasteiger partial charge in [-0.3, -0.25) is 0 Å². The molecule has 1 atom stereocenters. The van der Waals surface area contributed by atoms with Gasteiger partial charge in [-0.25, -0.2) is 4.79 Å². The van der Waals surface area contributed by atoms with Gasteiger partial charge in [-0.2, -0.15) is 0 Å². The van der Waals surface area contributed by atoms with E-state index < -0.39 is 5.97 Å². The molecule has 0 saturated carbocycles. The van der Waals surface area contributed by atoms with Gasteiger partial charge in [0.1, 0.15) is 18.5 Å². The largest absolute Gasteiger partial charge is 0.491 e. The van der Waals surface area contributed by atoms with Crippen LogP contribution in [0.5, 0.6) is 5.75 Å². The maximum Gasteiger partial charge on any atom is 0.335 e. The van der Waals surface area contributed by atoms with E-state index in [9.17, 15) is 4.79 Å². The molecule has 2 rings (SSSR count). The lowest BCUT2D eigenvalue weighted by Crippen LogP contribution is -2.06. The molecular formula is C11H12O4. The fraction of sp³-hybridized carbons (Fsp3) is 0.364. The van der Waals surface area contributed by atoms with Crippen molar-refractivity contribution in [2.75, 3.05) is 13.2 Å². The first-order chi connectivity index (χ1) is 7.16. The van der Waals surface area contributed by atoms with E-state index in [1.54, 1.807) is 18.2 Å². The summed E-state index contributed by atoms with van der Waals surface area (Å²) in [6, 6.07) is 4.82. The van der Waals surface area contributed by atoms with Gasteiger partial charge in [0, 0.05) is 0 Å². The van der Waals surface area contributed by atoms with Crippen LogP contribution in [0.15, 0.2) is 18.2 Å². The molecule has 1 N–H and O–H groups in total. The SMILES string of the molecule is Cc1cc(C(=O)O)ccc1OCC1CO1. The van der Waals surface area contributed by atoms with Gasteiger partial charge in [-0.05, 0) is 30.7 Å². The minimum atomic E-state index is -0.921. The Morgan fingerprint density at radius 1 is 1.67 bits per heavy atom. The Labute approximate surface area is 87.4 Å². The number of carbonyl (C=O) groups is 1. The van der Waals surface area contributed by atoms with Gasteiger partial charge < -0.3 is 14.6 Å². The number of aryl methyl sites for hydroxylation is 1. The van der Waals surface area contributed by atoms with Crippen molar-refractivity contribution in [3.05, 3.63) is 29.3 Å². The van der Waals surface area contributed by atoms with Gasteiger partial charge in [0.05, 0.1) is 12.2 Å². The summed E-state index contributed by atoms with van der Waals surface area (Å²) in [5.41, 5.74) is 1.11. The highest BCUT2D eigenvalue weighted by atomic mass is 16.6. The summed E-state index contributed by atoms with van der Waals surface area (Å²) in [4.78, 5) is 10.7. The average Bonchev–Trinajstić information content (AvgIpc) is 2.99. The van der Waals surface area contributed by atoms with Crippen LogP contribution in [0.1, 0.15) is 15.9 Å². The molecule has 1 aromatic rings. The molecule has 1 aromatic carbocycles. The molecule has 0 bridgehead atoms. The highest BCUT2D eigenvalue weighted by molar-refractivity contribution is 5.88. The monoisotopic (exact) mass is 208 g/mol. The van der Waals surface area contributed by atoms with Gasteiger partial charge in [-0.15, -0.1) is 0 Å². The Balaban J connectivity index is 2.07. The topological polar surface area (TPSA) is 59.1 Å². The third-order valence-electron chi connectivity index (χ3n) is 2.25. The third-order valence-corrected chi connectivity index (χ3v) is 2.25. The number of carboxylic acids is 1. The lowest BCUT2D eigenvalue weighted by molar-refractivity contribution is 0.0696. The first kappa shape index (κ1) is 9.98. The molecule has 4 heteroatoms. The Morgan fingerprint density at radius 2 is 2.40 bits per heavy atom. The van der Waals surface area contributed by atoms with E-state index >= 15 is 0 Å². The molecule has 1 fully saturated rings. The second-order valence-electron chi connectivity index (χ2n) is 3.55. The van der Waals surface area contributed by atoms with E-state index in [-0.39, 0.29) is 11.7 Å². The third kappa shape index (κ3) is 2.47. The highest BCUT2D eigenvalue weighted by Crippen LogP contribution is 2.21. The number of hydrogen-bond donors (Lipinski definition) is 1. The van der Waals surface area contributed by atoms with Gasteiger partial charge in [-0.1, -0.05) is 0 Å². The van der Waals surface area contributed by atoms with Crippen molar-refractivity contribution in [1.82, 2.24) is 0 Å². The summed E-state index contributed by atoms with van der Waals surface area (Å²) in [7, 11) is 0. The molecule has 15 heavy (non-hydrogen) atoms. The van der Waals surface area contributed by atoms with Crippen LogP contribution in [-0.4, -0.2) is 30.4 Å². The van der Waals surface area contributed by atoms with Gasteiger partial charge >= 0.3 is 5.97 Å². The van der Waals surface area contributed by atoms with Crippen molar-refractivity contribution in [1.29, 1.82) is 0 Å². The van der Waals surface area contributed by atoms with E-state index in [1.165, 1.54) is 0 Å². The van der Waals surface area contributed by atoms with E-state index in [4.69, 9.17) is 14.6 Å². The number of hydrogen-bond acceptors (Lipinski definition) is 3. The number of benzene rings is 1. The lowest BCUT2D eigenvalue weighted by Gasteiger charge is -2.07. The number of ether oxygens (including phenoxy) is 2. The Morgan fingerprint density at radius 3 is 2.93 bits per heavy atom. The summed E-state index contributed by atoms with van der Waals surface area (Å²) in [6.07, 6.45) is 0.212. The zero-order valence-electron chi connectivity index (χ0n) is 8.40. The Bertz CT molecular complexity index is 382. The van der Waals surface area contributed by atoms with Crippen LogP contribution in [0.2, 0.25) is 0 Å². The van der Waals surface area contributed by atoms with Crippen molar-refractivity contribution in [3.8, 4) is 5.75 Å². The van der Waals surface area contributed by atoms with Crippen LogP contribution in [0, 0.1) is 6.92 Å². The Kier molecular flexibility index (Phi) is 2.60. The quantitative estimate of drug-likeness (QED) is 0.761. The summed E-state index contributed by atoms with van der Waals surface area (Å²) < 4.78 is 10.5. The first-order valence-electron chi connectivity index (χ1n) is 4.75. The van der Waals surface area contributed by atoms with E-state index in [0.717, 1.165) is 17.9 Å². The molecule has 1 aliphatic heterocycles. The second-order valence-corrected chi connectivity index (χ2v) is 3.55. The van der Waals surface area contributed by atoms with Crippen molar-refractivity contribution < 1.29 is 19.4 Å². The maximum atomic E-state index is 10.7. The molecule has 80 valence electrons. The normalized spacial score (nSPS) is 18.6. The molecule has 0 amide bonds. The molecule has 0 radical (unpaired) electrons. The van der Waals surface area contributed by atoms with Gasteiger partial charge in [0.15, 0.2) is 0 Å². The number of rotatable bonds is 4. The maximum absolute atomic E-state index is 10.7. The van der Waals surface area contributed by atoms with Crippen LogP contribution in [-0.2, 0) is 4.74 Å². The smallest absolute Gasteiger partial charge is 0.335 e. The highest BCUT2D eigenvalue weighted by Gasteiger charge is 2.23. The van der Waals surface area contributed by atoms with Crippen LogP contribution in [0.4, 0.5) is 0 Å². The summed E-state index contributed by atoms with van der Waals surface area (Å²) in [6.45, 7) is 3.12. The number of aromatic carboxylic acids is 1. The molecule has 1 unspecified atom stereocenters. The molecule has 0 spiro atoms. The minimum Gasteiger partial charge on any atom is -0.491 e. The molecule has 0 aliphatic carbocycles. The molecule has 0 aromatic heterocycles. The number of epoxide rings is 1.